The van der Waals surface area contributed by atoms with E-state index in [1.54, 1.807) is 12.4 Å². The largest absolute Gasteiger partial charge is 0.290 e. The van der Waals surface area contributed by atoms with Crippen molar-refractivity contribution in [2.75, 3.05) is 26.2 Å². The molecule has 0 spiro atoms. The number of aliphatic imine (C=N–C) groups is 4. The molecule has 1 aliphatic rings. The van der Waals surface area contributed by atoms with E-state index in [4.69, 9.17) is 0 Å². The maximum Gasteiger partial charge on any atom is 0.0825 e. The molecule has 4 nitrogen and oxygen atoms in total. The van der Waals surface area contributed by atoms with Gasteiger partial charge in [-0.25, -0.2) is 0 Å². The second kappa shape index (κ2) is 7.27. The summed E-state index contributed by atoms with van der Waals surface area (Å²) in [5.41, 5.74) is 2.00. The Morgan fingerprint density at radius 2 is 1.39 bits per heavy atom. The summed E-state index contributed by atoms with van der Waals surface area (Å²) in [7, 11) is 0. The summed E-state index contributed by atoms with van der Waals surface area (Å²) in [5.74, 6) is 0. The molecule has 1 aromatic rings. The van der Waals surface area contributed by atoms with E-state index in [9.17, 15) is 0 Å². The number of benzene rings is 1. The Bertz CT molecular complexity index is 472. The molecule has 0 saturated heterocycles. The van der Waals surface area contributed by atoms with Crippen molar-refractivity contribution in [2.45, 2.75) is 0 Å². The summed E-state index contributed by atoms with van der Waals surface area (Å²) in [6, 6.07) is 10.1. The number of nitrogens with zero attached hydrogens (tertiary/aromatic N) is 4. The first-order valence-corrected chi connectivity index (χ1v) is 6.05. The third-order valence-electron chi connectivity index (χ3n) is 2.43. The predicted octanol–water partition coefficient (Wildman–Crippen LogP) is 1.70. The van der Waals surface area contributed by atoms with Crippen LogP contribution in [0, 0.1) is 0 Å². The van der Waals surface area contributed by atoms with Crippen LogP contribution in [0.15, 0.2) is 50.3 Å². The maximum absolute atomic E-state index is 4.54. The molecule has 0 N–H and O–H groups in total. The molecule has 1 aliphatic heterocycles. The van der Waals surface area contributed by atoms with Gasteiger partial charge in [0.2, 0.25) is 0 Å². The molecule has 2 rings (SSSR count). The van der Waals surface area contributed by atoms with Gasteiger partial charge in [0, 0.05) is 24.2 Å². The Morgan fingerprint density at radius 1 is 0.722 bits per heavy atom. The van der Waals surface area contributed by atoms with Gasteiger partial charge in [0.05, 0.1) is 31.9 Å². The first kappa shape index (κ1) is 12.4. The fourth-order valence-electron chi connectivity index (χ4n) is 1.55. The van der Waals surface area contributed by atoms with Crippen molar-refractivity contribution in [1.29, 1.82) is 0 Å². The highest BCUT2D eigenvalue weighted by molar-refractivity contribution is 6.38. The Hall–Kier alpha value is -2.10. The van der Waals surface area contributed by atoms with E-state index in [1.165, 1.54) is 0 Å². The maximum atomic E-state index is 4.54. The normalized spacial score (nSPS) is 16.8. The fraction of sp³-hybridized carbons (Fsp3) is 0.286. The number of hydrogen-bond donors (Lipinski definition) is 0. The summed E-state index contributed by atoms with van der Waals surface area (Å²) < 4.78 is 0. The molecule has 1 heterocycles. The van der Waals surface area contributed by atoms with Crippen LogP contribution in [0.3, 0.4) is 0 Å². The average molecular weight is 240 g/mol. The Balaban J connectivity index is 2.15. The van der Waals surface area contributed by atoms with Crippen molar-refractivity contribution < 1.29 is 0 Å². The lowest BCUT2D eigenvalue weighted by Gasteiger charge is -2.01. The summed E-state index contributed by atoms with van der Waals surface area (Å²) in [5, 5.41) is 0. The van der Waals surface area contributed by atoms with E-state index >= 15 is 0 Å². The van der Waals surface area contributed by atoms with Gasteiger partial charge in [0.15, 0.2) is 0 Å². The lowest BCUT2D eigenvalue weighted by atomic mass is 10.1. The van der Waals surface area contributed by atoms with Gasteiger partial charge < -0.3 is 0 Å². The smallest absolute Gasteiger partial charge is 0.0825 e. The minimum absolute atomic E-state index is 0.667. The predicted molar refractivity (Wildman–Crippen MR) is 77.9 cm³/mol. The van der Waals surface area contributed by atoms with Gasteiger partial charge in [-0.2, -0.15) is 0 Å². The van der Waals surface area contributed by atoms with Crippen LogP contribution in [0.25, 0.3) is 0 Å². The molecule has 0 fully saturated rings. The Labute approximate surface area is 107 Å². The van der Waals surface area contributed by atoms with Gasteiger partial charge in [-0.3, -0.25) is 20.0 Å². The third kappa shape index (κ3) is 4.05. The van der Waals surface area contributed by atoms with Gasteiger partial charge in [0.25, 0.3) is 0 Å². The standard InChI is InChI=1S/C14H16N4/c1-2-4-13(5-3-1)14-12-17-9-8-15-6-7-16-10-11-18-14/h1-7,12H,8-11H2. The van der Waals surface area contributed by atoms with Crippen LogP contribution < -0.4 is 0 Å². The highest BCUT2D eigenvalue weighted by atomic mass is 14.9. The second-order valence-electron chi connectivity index (χ2n) is 3.78. The summed E-state index contributed by atoms with van der Waals surface area (Å²) in [6.45, 7) is 2.71. The lowest BCUT2D eigenvalue weighted by molar-refractivity contribution is 0.973. The first-order valence-electron chi connectivity index (χ1n) is 6.05. The molecule has 0 aromatic heterocycles. The van der Waals surface area contributed by atoms with Gasteiger partial charge in [-0.05, 0) is 0 Å². The monoisotopic (exact) mass is 240 g/mol. The van der Waals surface area contributed by atoms with Crippen molar-refractivity contribution in [2.24, 2.45) is 20.0 Å². The summed E-state index contributed by atoms with van der Waals surface area (Å²) in [6.07, 6.45) is 5.28. The molecule has 18 heavy (non-hydrogen) atoms. The van der Waals surface area contributed by atoms with Gasteiger partial charge in [-0.15, -0.1) is 0 Å². The van der Waals surface area contributed by atoms with Gasteiger partial charge >= 0.3 is 0 Å². The molecule has 92 valence electrons. The van der Waals surface area contributed by atoms with Crippen LogP contribution in [-0.4, -0.2) is 50.5 Å². The van der Waals surface area contributed by atoms with Crippen LogP contribution in [0.2, 0.25) is 0 Å². The van der Waals surface area contributed by atoms with Crippen molar-refractivity contribution in [3.05, 3.63) is 35.9 Å². The topological polar surface area (TPSA) is 49.4 Å². The Morgan fingerprint density at radius 3 is 2.17 bits per heavy atom. The zero-order valence-corrected chi connectivity index (χ0v) is 10.2. The van der Waals surface area contributed by atoms with Crippen molar-refractivity contribution >= 4 is 24.4 Å². The zero-order chi connectivity index (χ0) is 12.5. The van der Waals surface area contributed by atoms with E-state index in [-0.39, 0.29) is 0 Å². The molecule has 0 unspecified atom stereocenters. The first-order chi connectivity index (χ1) is 8.97. The number of hydrogen-bond acceptors (Lipinski definition) is 4. The molecule has 4 heteroatoms. The summed E-state index contributed by atoms with van der Waals surface area (Å²) in [4.78, 5) is 17.3. The van der Waals surface area contributed by atoms with Crippen LogP contribution in [-0.2, 0) is 0 Å². The minimum atomic E-state index is 0.667. The van der Waals surface area contributed by atoms with E-state index in [2.05, 4.69) is 20.0 Å². The van der Waals surface area contributed by atoms with Gasteiger partial charge in [0.1, 0.15) is 0 Å². The highest BCUT2D eigenvalue weighted by Crippen LogP contribution is 2.00. The molecule has 0 saturated carbocycles. The number of rotatable bonds is 1. The van der Waals surface area contributed by atoms with Crippen molar-refractivity contribution in [3.63, 3.8) is 0 Å². The van der Waals surface area contributed by atoms with Crippen LogP contribution >= 0.6 is 0 Å². The van der Waals surface area contributed by atoms with Crippen LogP contribution in [0.4, 0.5) is 0 Å². The minimum Gasteiger partial charge on any atom is -0.290 e. The fourth-order valence-corrected chi connectivity index (χ4v) is 1.55. The van der Waals surface area contributed by atoms with E-state index in [1.807, 2.05) is 36.5 Å². The average Bonchev–Trinajstić information content (AvgIpc) is 2.40. The van der Waals surface area contributed by atoms with E-state index < -0.39 is 0 Å². The lowest BCUT2D eigenvalue weighted by Crippen LogP contribution is -2.06. The quantitative estimate of drug-likeness (QED) is 0.717. The van der Waals surface area contributed by atoms with Crippen molar-refractivity contribution in [3.8, 4) is 0 Å². The zero-order valence-electron chi connectivity index (χ0n) is 10.2. The molecule has 0 amide bonds. The molecular weight excluding hydrogens is 224 g/mol. The van der Waals surface area contributed by atoms with Crippen molar-refractivity contribution in [1.82, 2.24) is 0 Å². The molecule has 0 atom stereocenters. The highest BCUT2D eigenvalue weighted by Gasteiger charge is 1.98. The third-order valence-corrected chi connectivity index (χ3v) is 2.43. The molecule has 0 radical (unpaired) electrons. The van der Waals surface area contributed by atoms with Gasteiger partial charge in [-0.1, -0.05) is 30.3 Å². The molecule has 0 bridgehead atoms. The molecule has 1 aromatic carbocycles. The molecule has 0 aliphatic carbocycles. The SMILES string of the molecule is C1=NCCN=CC(c2ccccc2)=NCCN=C1. The Kier molecular flexibility index (Phi) is 4.99. The van der Waals surface area contributed by atoms with Crippen LogP contribution in [0.1, 0.15) is 5.56 Å². The molecular formula is C14H16N4. The van der Waals surface area contributed by atoms with E-state index in [0.29, 0.717) is 26.2 Å². The van der Waals surface area contributed by atoms with Crippen LogP contribution in [0.5, 0.6) is 0 Å². The van der Waals surface area contributed by atoms with E-state index in [0.717, 1.165) is 11.3 Å². The second-order valence-corrected chi connectivity index (χ2v) is 3.78. The summed E-state index contributed by atoms with van der Waals surface area (Å²) >= 11 is 0.